The van der Waals surface area contributed by atoms with Crippen molar-refractivity contribution in [3.8, 4) is 0 Å². The summed E-state index contributed by atoms with van der Waals surface area (Å²) >= 11 is 0. The molecule has 0 atom stereocenters. The quantitative estimate of drug-likeness (QED) is 0.448. The third kappa shape index (κ3) is 7.37. The number of benzene rings is 2. The van der Waals surface area contributed by atoms with E-state index < -0.39 is 9.84 Å². The molecule has 30 heavy (non-hydrogen) atoms. The number of likely N-dealkylation sites (N-methyl/N-ethyl adjacent to an activating group) is 1. The zero-order chi connectivity index (χ0) is 22.0. The highest BCUT2D eigenvalue weighted by atomic mass is 32.2. The first-order valence-electron chi connectivity index (χ1n) is 10.5. The van der Waals surface area contributed by atoms with E-state index in [0.717, 1.165) is 44.1 Å². The van der Waals surface area contributed by atoms with Gasteiger partial charge in [0.15, 0.2) is 15.8 Å². The van der Waals surface area contributed by atoms with Gasteiger partial charge in [-0.2, -0.15) is 0 Å². The van der Waals surface area contributed by atoms with Crippen molar-refractivity contribution < 1.29 is 8.42 Å². The second-order valence-corrected chi connectivity index (χ2v) is 9.24. The molecule has 0 fully saturated rings. The fourth-order valence-electron chi connectivity index (χ4n) is 3.22. The predicted octanol–water partition coefficient (Wildman–Crippen LogP) is 3.02. The van der Waals surface area contributed by atoms with E-state index in [9.17, 15) is 8.42 Å². The van der Waals surface area contributed by atoms with Crippen molar-refractivity contribution in [1.82, 2.24) is 10.6 Å². The normalized spacial score (nSPS) is 11.9. The van der Waals surface area contributed by atoms with Gasteiger partial charge in [0.2, 0.25) is 0 Å². The molecule has 0 aliphatic rings. The fourth-order valence-corrected chi connectivity index (χ4v) is 3.85. The van der Waals surface area contributed by atoms with Gasteiger partial charge in [0.1, 0.15) is 0 Å². The summed E-state index contributed by atoms with van der Waals surface area (Å²) in [5.41, 5.74) is 3.61. The lowest BCUT2D eigenvalue weighted by molar-refractivity contribution is 0.602. The van der Waals surface area contributed by atoms with Gasteiger partial charge in [0.25, 0.3) is 0 Å². The van der Waals surface area contributed by atoms with Crippen molar-refractivity contribution >= 4 is 21.5 Å². The molecule has 7 heteroatoms. The molecule has 0 aromatic heterocycles. The van der Waals surface area contributed by atoms with Crippen molar-refractivity contribution in [3.63, 3.8) is 0 Å². The van der Waals surface area contributed by atoms with Crippen LogP contribution in [0.15, 0.2) is 58.4 Å². The smallest absolute Gasteiger partial charge is 0.191 e. The molecule has 0 heterocycles. The van der Waals surface area contributed by atoms with Crippen LogP contribution in [-0.2, 0) is 16.3 Å². The molecule has 2 aromatic rings. The third-order valence-electron chi connectivity index (χ3n) is 4.88. The largest absolute Gasteiger partial charge is 0.370 e. The second-order valence-electron chi connectivity index (χ2n) is 7.22. The van der Waals surface area contributed by atoms with Crippen LogP contribution < -0.4 is 15.5 Å². The van der Waals surface area contributed by atoms with Crippen molar-refractivity contribution in [3.05, 3.63) is 59.7 Å². The Morgan fingerprint density at radius 3 is 2.33 bits per heavy atom. The summed E-state index contributed by atoms with van der Waals surface area (Å²) in [6.07, 6.45) is 1.98. The number of rotatable bonds is 10. The number of sulfone groups is 1. The van der Waals surface area contributed by atoms with Gasteiger partial charge in [-0.25, -0.2) is 8.42 Å². The number of aliphatic imine (C=N–C) groups is 1. The highest BCUT2D eigenvalue weighted by Gasteiger charge is 2.08. The number of hydrogen-bond acceptors (Lipinski definition) is 4. The minimum absolute atomic E-state index is 0.346. The molecular formula is C23H34N4O2S. The molecule has 2 N–H and O–H groups in total. The summed E-state index contributed by atoms with van der Waals surface area (Å²) in [5, 5.41) is 6.69. The molecule has 0 saturated heterocycles. The molecule has 0 saturated carbocycles. The molecular weight excluding hydrogens is 396 g/mol. The van der Waals surface area contributed by atoms with Gasteiger partial charge < -0.3 is 15.5 Å². The first kappa shape index (κ1) is 23.7. The molecule has 0 aliphatic heterocycles. The van der Waals surface area contributed by atoms with Crippen LogP contribution in [0.5, 0.6) is 0 Å². The molecule has 0 unspecified atom stereocenters. The summed E-state index contributed by atoms with van der Waals surface area (Å²) in [5.74, 6) is 0.797. The first-order chi connectivity index (χ1) is 14.3. The number of guanidine groups is 1. The van der Waals surface area contributed by atoms with E-state index in [1.807, 2.05) is 19.1 Å². The first-order valence-corrected chi connectivity index (χ1v) is 12.4. The Morgan fingerprint density at radius 2 is 1.73 bits per heavy atom. The van der Waals surface area contributed by atoms with E-state index >= 15 is 0 Å². The van der Waals surface area contributed by atoms with Gasteiger partial charge >= 0.3 is 0 Å². The van der Waals surface area contributed by atoms with E-state index in [0.29, 0.717) is 11.4 Å². The van der Waals surface area contributed by atoms with Gasteiger partial charge in [-0.15, -0.1) is 0 Å². The SMILES string of the molecule is CCNC(=NCCc1ccc(S(C)(=O)=O)cc1)NCCN(CC)c1ccccc1C. The summed E-state index contributed by atoms with van der Waals surface area (Å²) in [6, 6.07) is 15.5. The minimum Gasteiger partial charge on any atom is -0.370 e. The maximum absolute atomic E-state index is 11.6. The third-order valence-corrected chi connectivity index (χ3v) is 6.01. The Kier molecular flexibility index (Phi) is 9.17. The molecule has 6 nitrogen and oxygen atoms in total. The van der Waals surface area contributed by atoms with Crippen molar-refractivity contribution in [2.24, 2.45) is 4.99 Å². The van der Waals surface area contributed by atoms with Crippen LogP contribution >= 0.6 is 0 Å². The van der Waals surface area contributed by atoms with Crippen LogP contribution in [0.1, 0.15) is 25.0 Å². The minimum atomic E-state index is -3.15. The highest BCUT2D eigenvalue weighted by Crippen LogP contribution is 2.18. The zero-order valence-electron chi connectivity index (χ0n) is 18.5. The predicted molar refractivity (Wildman–Crippen MR) is 126 cm³/mol. The summed E-state index contributed by atoms with van der Waals surface area (Å²) in [4.78, 5) is 7.35. The molecule has 0 spiro atoms. The standard InChI is InChI=1S/C23H34N4O2S/c1-5-24-23(25-16-15-20-11-13-21(14-12-20)30(4,28)29)26-17-18-27(6-2)22-10-8-7-9-19(22)3/h7-14H,5-6,15-18H2,1-4H3,(H2,24,25,26). The lowest BCUT2D eigenvalue weighted by Gasteiger charge is -2.25. The van der Waals surface area contributed by atoms with Crippen LogP contribution in [0.3, 0.4) is 0 Å². The topological polar surface area (TPSA) is 73.8 Å². The number of anilines is 1. The van der Waals surface area contributed by atoms with E-state index in [-0.39, 0.29) is 0 Å². The lowest BCUT2D eigenvalue weighted by Crippen LogP contribution is -2.42. The Labute approximate surface area is 181 Å². The van der Waals surface area contributed by atoms with E-state index in [1.165, 1.54) is 17.5 Å². The molecule has 164 valence electrons. The Hall–Kier alpha value is -2.54. The molecule has 0 aliphatic carbocycles. The number of aryl methyl sites for hydroxylation is 1. The average molecular weight is 431 g/mol. The number of nitrogens with one attached hydrogen (secondary N) is 2. The summed E-state index contributed by atoms with van der Waals surface area (Å²) in [7, 11) is -3.15. The van der Waals surface area contributed by atoms with E-state index in [4.69, 9.17) is 0 Å². The Bertz CT molecular complexity index is 924. The molecule has 2 aromatic carbocycles. The zero-order valence-corrected chi connectivity index (χ0v) is 19.3. The average Bonchev–Trinajstić information content (AvgIpc) is 2.71. The number of hydrogen-bond donors (Lipinski definition) is 2. The maximum Gasteiger partial charge on any atom is 0.191 e. The van der Waals surface area contributed by atoms with Gasteiger partial charge in [0, 0.05) is 44.7 Å². The van der Waals surface area contributed by atoms with Gasteiger partial charge in [-0.3, -0.25) is 4.99 Å². The highest BCUT2D eigenvalue weighted by molar-refractivity contribution is 7.90. The van der Waals surface area contributed by atoms with Crippen molar-refractivity contribution in [1.29, 1.82) is 0 Å². The van der Waals surface area contributed by atoms with Crippen molar-refractivity contribution in [2.75, 3.05) is 43.9 Å². The molecule has 2 rings (SSSR count). The lowest BCUT2D eigenvalue weighted by atomic mass is 10.1. The molecule has 0 bridgehead atoms. The second kappa shape index (κ2) is 11.6. The monoisotopic (exact) mass is 430 g/mol. The van der Waals surface area contributed by atoms with Crippen LogP contribution in [0, 0.1) is 6.92 Å². The van der Waals surface area contributed by atoms with Gasteiger partial charge in [-0.05, 0) is 56.5 Å². The molecule has 0 radical (unpaired) electrons. The Morgan fingerprint density at radius 1 is 1.03 bits per heavy atom. The van der Waals surface area contributed by atoms with Gasteiger partial charge in [0.05, 0.1) is 4.90 Å². The maximum atomic E-state index is 11.6. The van der Waals surface area contributed by atoms with Crippen LogP contribution in [0.2, 0.25) is 0 Å². The van der Waals surface area contributed by atoms with Crippen LogP contribution in [-0.4, -0.2) is 53.4 Å². The van der Waals surface area contributed by atoms with Crippen LogP contribution in [0.4, 0.5) is 5.69 Å². The van der Waals surface area contributed by atoms with Gasteiger partial charge in [-0.1, -0.05) is 30.3 Å². The molecule has 0 amide bonds. The fraction of sp³-hybridized carbons (Fsp3) is 0.435. The summed E-state index contributed by atoms with van der Waals surface area (Å²) in [6.45, 7) is 10.4. The Balaban J connectivity index is 1.88. The number of para-hydroxylation sites is 1. The van der Waals surface area contributed by atoms with Crippen LogP contribution in [0.25, 0.3) is 0 Å². The summed E-state index contributed by atoms with van der Waals surface area (Å²) < 4.78 is 23.1. The van der Waals surface area contributed by atoms with E-state index in [1.54, 1.807) is 12.1 Å². The number of nitrogens with zero attached hydrogens (tertiary/aromatic N) is 2. The van der Waals surface area contributed by atoms with E-state index in [2.05, 4.69) is 58.6 Å². The van der Waals surface area contributed by atoms with Crippen molar-refractivity contribution in [2.45, 2.75) is 32.1 Å².